The zero-order valence-corrected chi connectivity index (χ0v) is 9.40. The highest BCUT2D eigenvalue weighted by atomic mass is 16.3. The van der Waals surface area contributed by atoms with Crippen molar-refractivity contribution in [1.29, 1.82) is 0 Å². The molecule has 1 fully saturated rings. The van der Waals surface area contributed by atoms with E-state index in [2.05, 4.69) is 10.4 Å². The van der Waals surface area contributed by atoms with Crippen LogP contribution in [-0.4, -0.2) is 27.5 Å². The van der Waals surface area contributed by atoms with Crippen molar-refractivity contribution in [3.63, 3.8) is 0 Å². The fraction of sp³-hybridized carbons (Fsp3) is 0.727. The van der Waals surface area contributed by atoms with E-state index >= 15 is 0 Å². The van der Waals surface area contributed by atoms with Crippen LogP contribution in [0.1, 0.15) is 24.1 Å². The van der Waals surface area contributed by atoms with E-state index in [-0.39, 0.29) is 6.10 Å². The molecule has 2 rings (SSSR count). The lowest BCUT2D eigenvalue weighted by Crippen LogP contribution is -2.27. The van der Waals surface area contributed by atoms with Gasteiger partial charge in [-0.15, -0.1) is 0 Å². The second-order valence-corrected chi connectivity index (χ2v) is 4.45. The second kappa shape index (κ2) is 4.33. The summed E-state index contributed by atoms with van der Waals surface area (Å²) in [6, 6.07) is 0. The highest BCUT2D eigenvalue weighted by Crippen LogP contribution is 2.32. The second-order valence-electron chi connectivity index (χ2n) is 4.45. The van der Waals surface area contributed by atoms with Crippen LogP contribution >= 0.6 is 0 Å². The summed E-state index contributed by atoms with van der Waals surface area (Å²) in [6.45, 7) is 3.50. The first-order valence-corrected chi connectivity index (χ1v) is 5.54. The molecule has 1 heterocycles. The van der Waals surface area contributed by atoms with Crippen LogP contribution in [0.25, 0.3) is 0 Å². The minimum Gasteiger partial charge on any atom is -0.392 e. The molecule has 0 aromatic carbocycles. The largest absolute Gasteiger partial charge is 0.392 e. The molecular weight excluding hydrogens is 190 g/mol. The van der Waals surface area contributed by atoms with Gasteiger partial charge < -0.3 is 10.4 Å². The molecule has 0 bridgehead atoms. The van der Waals surface area contributed by atoms with Gasteiger partial charge in [0.1, 0.15) is 0 Å². The van der Waals surface area contributed by atoms with Crippen molar-refractivity contribution in [2.75, 3.05) is 6.54 Å². The van der Waals surface area contributed by atoms with Crippen LogP contribution in [0.15, 0.2) is 6.20 Å². The van der Waals surface area contributed by atoms with Gasteiger partial charge in [0.2, 0.25) is 0 Å². The van der Waals surface area contributed by atoms with Crippen molar-refractivity contribution in [3.05, 3.63) is 17.5 Å². The lowest BCUT2D eigenvalue weighted by Gasteiger charge is -2.09. The summed E-state index contributed by atoms with van der Waals surface area (Å²) in [6.07, 6.45) is 4.23. The van der Waals surface area contributed by atoms with Crippen LogP contribution in [0.3, 0.4) is 0 Å². The van der Waals surface area contributed by atoms with E-state index in [1.807, 2.05) is 24.9 Å². The summed E-state index contributed by atoms with van der Waals surface area (Å²) in [7, 11) is 1.93. The fourth-order valence-electron chi connectivity index (χ4n) is 1.82. The van der Waals surface area contributed by atoms with Crippen LogP contribution in [0, 0.1) is 12.8 Å². The molecule has 0 aliphatic heterocycles. The van der Waals surface area contributed by atoms with Gasteiger partial charge in [-0.1, -0.05) is 0 Å². The number of nitrogens with zero attached hydrogens (tertiary/aromatic N) is 2. The molecular formula is C11H19N3O. The SMILES string of the molecule is Cc1nn(C)cc1CNCC(O)C1CC1. The first-order valence-electron chi connectivity index (χ1n) is 5.54. The van der Waals surface area contributed by atoms with Crippen molar-refractivity contribution in [2.45, 2.75) is 32.4 Å². The molecule has 0 radical (unpaired) electrons. The van der Waals surface area contributed by atoms with Gasteiger partial charge in [0.25, 0.3) is 0 Å². The Balaban J connectivity index is 1.75. The molecule has 1 unspecified atom stereocenters. The lowest BCUT2D eigenvalue weighted by atomic mass is 10.2. The molecule has 2 N–H and O–H groups in total. The number of hydrogen-bond donors (Lipinski definition) is 2. The topological polar surface area (TPSA) is 50.1 Å². The number of aromatic nitrogens is 2. The summed E-state index contributed by atoms with van der Waals surface area (Å²) >= 11 is 0. The molecule has 1 saturated carbocycles. The van der Waals surface area contributed by atoms with Crippen LogP contribution in [0.4, 0.5) is 0 Å². The van der Waals surface area contributed by atoms with Crippen LogP contribution < -0.4 is 5.32 Å². The van der Waals surface area contributed by atoms with E-state index in [1.165, 1.54) is 18.4 Å². The summed E-state index contributed by atoms with van der Waals surface area (Å²) in [4.78, 5) is 0. The van der Waals surface area contributed by atoms with Gasteiger partial charge in [0.05, 0.1) is 11.8 Å². The Labute approximate surface area is 90.3 Å². The molecule has 0 saturated heterocycles. The molecule has 1 atom stereocenters. The first kappa shape index (κ1) is 10.6. The highest BCUT2D eigenvalue weighted by Gasteiger charge is 2.29. The Hall–Kier alpha value is -0.870. The first-order chi connectivity index (χ1) is 7.16. The van der Waals surface area contributed by atoms with E-state index in [0.29, 0.717) is 12.5 Å². The van der Waals surface area contributed by atoms with Crippen molar-refractivity contribution >= 4 is 0 Å². The van der Waals surface area contributed by atoms with Crippen LogP contribution in [0.2, 0.25) is 0 Å². The number of aryl methyl sites for hydroxylation is 2. The maximum Gasteiger partial charge on any atom is 0.0692 e. The summed E-state index contributed by atoms with van der Waals surface area (Å²) in [5.41, 5.74) is 2.27. The summed E-state index contributed by atoms with van der Waals surface area (Å²) < 4.78 is 1.82. The minimum absolute atomic E-state index is 0.165. The van der Waals surface area contributed by atoms with Gasteiger partial charge in [0, 0.05) is 31.9 Å². The summed E-state index contributed by atoms with van der Waals surface area (Å²) in [5, 5.41) is 17.2. The standard InChI is InChI=1S/C11H19N3O/c1-8-10(7-14(2)13-8)5-12-6-11(15)9-3-4-9/h7,9,11-12,15H,3-6H2,1-2H3. The molecule has 1 aromatic heterocycles. The molecule has 15 heavy (non-hydrogen) atoms. The highest BCUT2D eigenvalue weighted by molar-refractivity contribution is 5.14. The number of rotatable bonds is 5. The van der Waals surface area contributed by atoms with Gasteiger partial charge in [-0.05, 0) is 25.7 Å². The number of nitrogens with one attached hydrogen (secondary N) is 1. The monoisotopic (exact) mass is 209 g/mol. The normalized spacial score (nSPS) is 18.1. The number of aliphatic hydroxyl groups is 1. The number of aliphatic hydroxyl groups excluding tert-OH is 1. The van der Waals surface area contributed by atoms with Gasteiger partial charge in [-0.2, -0.15) is 5.10 Å². The van der Waals surface area contributed by atoms with Crippen molar-refractivity contribution in [1.82, 2.24) is 15.1 Å². The third-order valence-electron chi connectivity index (χ3n) is 2.95. The smallest absolute Gasteiger partial charge is 0.0692 e. The number of hydrogen-bond acceptors (Lipinski definition) is 3. The molecule has 4 nitrogen and oxygen atoms in total. The maximum absolute atomic E-state index is 9.66. The van der Waals surface area contributed by atoms with E-state index < -0.39 is 0 Å². The average molecular weight is 209 g/mol. The lowest BCUT2D eigenvalue weighted by molar-refractivity contribution is 0.148. The van der Waals surface area contributed by atoms with Crippen LogP contribution in [0.5, 0.6) is 0 Å². The van der Waals surface area contributed by atoms with Crippen molar-refractivity contribution in [3.8, 4) is 0 Å². The molecule has 1 aliphatic rings. The molecule has 84 valence electrons. The van der Waals surface area contributed by atoms with Gasteiger partial charge in [-0.25, -0.2) is 0 Å². The Morgan fingerprint density at radius 3 is 2.93 bits per heavy atom. The Morgan fingerprint density at radius 2 is 2.40 bits per heavy atom. The Morgan fingerprint density at radius 1 is 1.67 bits per heavy atom. The van der Waals surface area contributed by atoms with E-state index in [4.69, 9.17) is 0 Å². The Kier molecular flexibility index (Phi) is 3.07. The molecule has 0 amide bonds. The van der Waals surface area contributed by atoms with Crippen molar-refractivity contribution in [2.24, 2.45) is 13.0 Å². The molecule has 1 aliphatic carbocycles. The molecule has 4 heteroatoms. The zero-order chi connectivity index (χ0) is 10.8. The predicted molar refractivity (Wildman–Crippen MR) is 58.4 cm³/mol. The molecule has 0 spiro atoms. The van der Waals surface area contributed by atoms with E-state index in [1.54, 1.807) is 0 Å². The summed E-state index contributed by atoms with van der Waals surface area (Å²) in [5.74, 6) is 0.549. The quantitative estimate of drug-likeness (QED) is 0.746. The average Bonchev–Trinajstić information content (AvgIpc) is 2.94. The predicted octanol–water partition coefficient (Wildman–Crippen LogP) is 0.589. The van der Waals surface area contributed by atoms with E-state index in [9.17, 15) is 5.11 Å². The third-order valence-corrected chi connectivity index (χ3v) is 2.95. The molecule has 1 aromatic rings. The van der Waals surface area contributed by atoms with Crippen LogP contribution in [-0.2, 0) is 13.6 Å². The van der Waals surface area contributed by atoms with E-state index in [0.717, 1.165) is 12.2 Å². The Bertz CT molecular complexity index is 331. The fourth-order valence-corrected chi connectivity index (χ4v) is 1.82. The minimum atomic E-state index is -0.165. The van der Waals surface area contributed by atoms with Gasteiger partial charge >= 0.3 is 0 Å². The third kappa shape index (κ3) is 2.79. The van der Waals surface area contributed by atoms with Gasteiger partial charge in [-0.3, -0.25) is 4.68 Å². The zero-order valence-electron chi connectivity index (χ0n) is 9.40. The van der Waals surface area contributed by atoms with Gasteiger partial charge in [0.15, 0.2) is 0 Å². The maximum atomic E-state index is 9.66. The van der Waals surface area contributed by atoms with Crippen molar-refractivity contribution < 1.29 is 5.11 Å².